The second kappa shape index (κ2) is 3.62. The zero-order valence-corrected chi connectivity index (χ0v) is 8.74. The predicted molar refractivity (Wildman–Crippen MR) is 52.4 cm³/mol. The normalized spacial score (nSPS) is 43.5. The quantitative estimate of drug-likeness (QED) is 0.473. The van der Waals surface area contributed by atoms with E-state index in [1.807, 2.05) is 0 Å². The Bertz CT molecular complexity index is 281. The molecule has 1 saturated carbocycles. The third-order valence-electron chi connectivity index (χ3n) is 2.99. The van der Waals surface area contributed by atoms with E-state index in [9.17, 15) is 10.2 Å². The van der Waals surface area contributed by atoms with Crippen molar-refractivity contribution in [2.75, 3.05) is 20.7 Å². The molecular formula is C9H16N2O4. The van der Waals surface area contributed by atoms with E-state index in [1.165, 1.54) is 0 Å². The maximum Gasteiger partial charge on any atom is 0.287 e. The first kappa shape index (κ1) is 10.7. The summed E-state index contributed by atoms with van der Waals surface area (Å²) in [5, 5.41) is 28.4. The lowest BCUT2D eigenvalue weighted by molar-refractivity contribution is -0.00812. The number of aliphatic hydroxyl groups excluding tert-OH is 3. The van der Waals surface area contributed by atoms with E-state index in [0.717, 1.165) is 0 Å². The Labute approximate surface area is 87.8 Å². The minimum atomic E-state index is -0.961. The van der Waals surface area contributed by atoms with E-state index in [4.69, 9.17) is 9.84 Å². The summed E-state index contributed by atoms with van der Waals surface area (Å²) in [6.07, 6.45) is -2.33. The molecule has 2 aliphatic rings. The first-order valence-corrected chi connectivity index (χ1v) is 4.95. The van der Waals surface area contributed by atoms with Crippen LogP contribution in [0.3, 0.4) is 0 Å². The van der Waals surface area contributed by atoms with E-state index in [1.54, 1.807) is 19.0 Å². The maximum absolute atomic E-state index is 9.70. The molecule has 2 rings (SSSR count). The molecule has 0 spiro atoms. The lowest BCUT2D eigenvalue weighted by atomic mass is 10.1. The number of ether oxygens (including phenoxy) is 1. The van der Waals surface area contributed by atoms with Crippen molar-refractivity contribution in [3.63, 3.8) is 0 Å². The molecule has 1 aliphatic carbocycles. The van der Waals surface area contributed by atoms with E-state index in [2.05, 4.69) is 4.99 Å². The first-order valence-electron chi connectivity index (χ1n) is 4.95. The summed E-state index contributed by atoms with van der Waals surface area (Å²) < 4.78 is 5.49. The van der Waals surface area contributed by atoms with Gasteiger partial charge in [-0.2, -0.15) is 0 Å². The third kappa shape index (κ3) is 1.49. The summed E-state index contributed by atoms with van der Waals surface area (Å²) in [5.41, 5.74) is 0. The van der Waals surface area contributed by atoms with E-state index in [-0.39, 0.29) is 6.61 Å². The topological polar surface area (TPSA) is 85.5 Å². The van der Waals surface area contributed by atoms with Crippen LogP contribution in [-0.4, -0.2) is 71.3 Å². The van der Waals surface area contributed by atoms with Crippen LogP contribution in [0.25, 0.3) is 0 Å². The van der Waals surface area contributed by atoms with Gasteiger partial charge in [-0.15, -0.1) is 0 Å². The summed E-state index contributed by atoms with van der Waals surface area (Å²) in [7, 11) is 3.58. The number of hydrogen-bond acceptors (Lipinski definition) is 6. The van der Waals surface area contributed by atoms with Gasteiger partial charge in [0.15, 0.2) is 0 Å². The van der Waals surface area contributed by atoms with Crippen molar-refractivity contribution < 1.29 is 20.1 Å². The van der Waals surface area contributed by atoms with Crippen LogP contribution in [0.5, 0.6) is 0 Å². The molecule has 6 heteroatoms. The molecular weight excluding hydrogens is 200 g/mol. The molecule has 0 saturated heterocycles. The summed E-state index contributed by atoms with van der Waals surface area (Å²) in [6.45, 7) is -0.213. The number of aliphatic hydroxyl groups is 3. The number of nitrogens with zero attached hydrogens (tertiary/aromatic N) is 2. The number of fused-ring (bicyclic) bond motifs is 1. The van der Waals surface area contributed by atoms with E-state index < -0.39 is 30.3 Å². The summed E-state index contributed by atoms with van der Waals surface area (Å²) in [6, 6.07) is -0.0241. The molecule has 0 aromatic heterocycles. The van der Waals surface area contributed by atoms with Gasteiger partial charge in [-0.1, -0.05) is 0 Å². The average Bonchev–Trinajstić information content (AvgIpc) is 2.69. The lowest BCUT2D eigenvalue weighted by Gasteiger charge is -2.20. The molecule has 0 unspecified atom stereocenters. The van der Waals surface area contributed by atoms with Gasteiger partial charge in [-0.25, -0.2) is 4.99 Å². The first-order chi connectivity index (χ1) is 7.06. The number of aliphatic imine (C=N–C) groups is 1. The fraction of sp³-hybridized carbons (Fsp3) is 0.889. The monoisotopic (exact) mass is 216 g/mol. The van der Waals surface area contributed by atoms with Crippen LogP contribution in [0, 0.1) is 5.92 Å². The van der Waals surface area contributed by atoms with Crippen molar-refractivity contribution >= 4 is 6.02 Å². The van der Waals surface area contributed by atoms with Crippen LogP contribution >= 0.6 is 0 Å². The van der Waals surface area contributed by atoms with Gasteiger partial charge in [-0.3, -0.25) is 0 Å². The molecule has 1 heterocycles. The van der Waals surface area contributed by atoms with Crippen molar-refractivity contribution in [1.29, 1.82) is 0 Å². The van der Waals surface area contributed by atoms with Crippen LogP contribution in [-0.2, 0) is 4.74 Å². The molecule has 1 aliphatic heterocycles. The molecule has 1 fully saturated rings. The van der Waals surface area contributed by atoms with Gasteiger partial charge < -0.3 is 25.0 Å². The number of amidine groups is 1. The zero-order chi connectivity index (χ0) is 11.2. The van der Waals surface area contributed by atoms with Crippen molar-refractivity contribution in [3.05, 3.63) is 0 Å². The molecule has 5 atom stereocenters. The third-order valence-corrected chi connectivity index (χ3v) is 2.99. The van der Waals surface area contributed by atoms with Gasteiger partial charge in [0.1, 0.15) is 18.2 Å². The van der Waals surface area contributed by atoms with Crippen LogP contribution in [0.15, 0.2) is 4.99 Å². The molecule has 3 N–H and O–H groups in total. The summed E-state index contributed by atoms with van der Waals surface area (Å²) in [5.74, 6) is -0.466. The van der Waals surface area contributed by atoms with E-state index >= 15 is 0 Å². The minimum absolute atomic E-state index is 0.213. The Hall–Kier alpha value is -0.850. The van der Waals surface area contributed by atoms with Crippen molar-refractivity contribution in [1.82, 2.24) is 4.90 Å². The van der Waals surface area contributed by atoms with Crippen LogP contribution < -0.4 is 0 Å². The Morgan fingerprint density at radius 1 is 1.33 bits per heavy atom. The highest BCUT2D eigenvalue weighted by Gasteiger charge is 2.54. The highest BCUT2D eigenvalue weighted by molar-refractivity contribution is 5.75. The fourth-order valence-corrected chi connectivity index (χ4v) is 2.12. The molecule has 0 radical (unpaired) electrons. The molecule has 0 aromatic carbocycles. The largest absolute Gasteiger partial charge is 0.459 e. The zero-order valence-electron chi connectivity index (χ0n) is 8.74. The minimum Gasteiger partial charge on any atom is -0.459 e. The highest BCUT2D eigenvalue weighted by Crippen LogP contribution is 2.35. The Morgan fingerprint density at radius 2 is 2.00 bits per heavy atom. The predicted octanol–water partition coefficient (Wildman–Crippen LogP) is -1.98. The Morgan fingerprint density at radius 3 is 2.53 bits per heavy atom. The lowest BCUT2D eigenvalue weighted by Crippen LogP contribution is -2.34. The number of rotatable bonds is 1. The second-order valence-corrected chi connectivity index (χ2v) is 4.21. The standard InChI is InChI=1S/C9H16N2O4/c1-11(2)9-10-5-7(14)6(13)4(3-12)8(5)15-9/h4-8,12-14H,3H2,1-2H3/t4-,5-,6+,7+,8+/m1/s1. The maximum atomic E-state index is 9.70. The van der Waals surface area contributed by atoms with Gasteiger partial charge in [0.2, 0.25) is 0 Å². The van der Waals surface area contributed by atoms with Crippen LogP contribution in [0.4, 0.5) is 0 Å². The van der Waals surface area contributed by atoms with Gasteiger partial charge in [0.05, 0.1) is 18.6 Å². The van der Waals surface area contributed by atoms with Gasteiger partial charge in [0.25, 0.3) is 6.02 Å². The summed E-state index contributed by atoms with van der Waals surface area (Å²) >= 11 is 0. The molecule has 86 valence electrons. The van der Waals surface area contributed by atoms with Crippen molar-refractivity contribution in [3.8, 4) is 0 Å². The Balaban J connectivity index is 2.19. The van der Waals surface area contributed by atoms with Crippen LogP contribution in [0.2, 0.25) is 0 Å². The molecule has 0 bridgehead atoms. The summed E-state index contributed by atoms with van der Waals surface area (Å²) in [4.78, 5) is 5.88. The Kier molecular flexibility index (Phi) is 2.57. The second-order valence-electron chi connectivity index (χ2n) is 4.21. The molecule has 0 amide bonds. The van der Waals surface area contributed by atoms with Crippen molar-refractivity contribution in [2.24, 2.45) is 10.9 Å². The molecule has 15 heavy (non-hydrogen) atoms. The van der Waals surface area contributed by atoms with Gasteiger partial charge in [-0.05, 0) is 0 Å². The van der Waals surface area contributed by atoms with Crippen molar-refractivity contribution in [2.45, 2.75) is 24.4 Å². The van der Waals surface area contributed by atoms with Crippen LogP contribution in [0.1, 0.15) is 0 Å². The molecule has 6 nitrogen and oxygen atoms in total. The SMILES string of the molecule is CN(C)C1=N[C@@H]2[C@H](O)[C@@H](O)[C@@H](CO)[C@@H]2O1. The smallest absolute Gasteiger partial charge is 0.287 e. The van der Waals surface area contributed by atoms with Gasteiger partial charge >= 0.3 is 0 Å². The fourth-order valence-electron chi connectivity index (χ4n) is 2.12. The average molecular weight is 216 g/mol. The highest BCUT2D eigenvalue weighted by atomic mass is 16.5. The van der Waals surface area contributed by atoms with Gasteiger partial charge in [0, 0.05) is 14.1 Å². The molecule has 0 aromatic rings. The van der Waals surface area contributed by atoms with E-state index in [0.29, 0.717) is 6.02 Å². The number of hydrogen-bond donors (Lipinski definition) is 3.